The molecule has 90 valence electrons. The molecule has 0 radical (unpaired) electrons. The normalized spacial score (nSPS) is 10.9. The monoisotopic (exact) mass is 240 g/mol. The topological polar surface area (TPSA) is 54.4 Å². The third kappa shape index (κ3) is 2.30. The summed E-state index contributed by atoms with van der Waals surface area (Å²) >= 11 is 0. The first kappa shape index (κ1) is 12.0. The summed E-state index contributed by atoms with van der Waals surface area (Å²) in [5.74, 6) is -0.936. The van der Waals surface area contributed by atoms with Gasteiger partial charge in [0.05, 0.1) is 5.56 Å². The Balaban J connectivity index is 2.60. The van der Waals surface area contributed by atoms with Gasteiger partial charge in [-0.2, -0.15) is 0 Å². The van der Waals surface area contributed by atoms with Gasteiger partial charge in [-0.1, -0.05) is 42.5 Å². The molecular weight excluding hydrogens is 228 g/mol. The average Bonchev–Trinajstić information content (AvgIpc) is 2.38. The van der Waals surface area contributed by atoms with Crippen molar-refractivity contribution in [3.8, 4) is 0 Å². The molecule has 1 N–H and O–H groups in total. The van der Waals surface area contributed by atoms with Gasteiger partial charge in [-0.15, -0.1) is 0 Å². The molecule has 0 aliphatic rings. The van der Waals surface area contributed by atoms with Crippen molar-refractivity contribution in [2.75, 3.05) is 0 Å². The average molecular weight is 240 g/mol. The van der Waals surface area contributed by atoms with Crippen molar-refractivity contribution in [2.45, 2.75) is 6.42 Å². The van der Waals surface area contributed by atoms with Crippen LogP contribution in [-0.4, -0.2) is 17.4 Å². The van der Waals surface area contributed by atoms with Gasteiger partial charge in [-0.05, 0) is 22.4 Å². The Morgan fingerprint density at radius 3 is 2.56 bits per heavy atom. The van der Waals surface area contributed by atoms with Crippen LogP contribution < -0.4 is 0 Å². The van der Waals surface area contributed by atoms with Gasteiger partial charge < -0.3 is 9.90 Å². The molecule has 0 amide bonds. The maximum absolute atomic E-state index is 11.1. The molecule has 0 unspecified atom stereocenters. The Morgan fingerprint density at radius 1 is 1.11 bits per heavy atom. The summed E-state index contributed by atoms with van der Waals surface area (Å²) in [7, 11) is 0. The first-order valence-corrected chi connectivity index (χ1v) is 5.59. The fraction of sp³-hybridized carbons (Fsp3) is 0.0667. The van der Waals surface area contributed by atoms with E-state index in [-0.39, 0.29) is 5.56 Å². The summed E-state index contributed by atoms with van der Waals surface area (Å²) in [4.78, 5) is 21.4. The van der Waals surface area contributed by atoms with Crippen LogP contribution in [0.3, 0.4) is 0 Å². The summed E-state index contributed by atoms with van der Waals surface area (Å²) in [5.41, 5.74) is 1.20. The smallest absolute Gasteiger partial charge is 0.336 e. The number of fused-ring (bicyclic) bond motifs is 1. The van der Waals surface area contributed by atoms with Gasteiger partial charge >= 0.3 is 5.97 Å². The van der Waals surface area contributed by atoms with Crippen LogP contribution in [0.25, 0.3) is 16.8 Å². The fourth-order valence-electron chi connectivity index (χ4n) is 1.92. The van der Waals surface area contributed by atoms with Crippen molar-refractivity contribution in [1.82, 2.24) is 0 Å². The van der Waals surface area contributed by atoms with E-state index in [0.717, 1.165) is 17.2 Å². The SMILES string of the molecule is O=CCC=Cc1cccc2c(C(=O)O)cccc12. The largest absolute Gasteiger partial charge is 0.478 e. The lowest BCUT2D eigenvalue weighted by molar-refractivity contribution is -0.107. The summed E-state index contributed by atoms with van der Waals surface area (Å²) in [5, 5.41) is 10.7. The number of rotatable bonds is 4. The van der Waals surface area contributed by atoms with Crippen molar-refractivity contribution in [3.05, 3.63) is 53.6 Å². The van der Waals surface area contributed by atoms with Gasteiger partial charge in [0.2, 0.25) is 0 Å². The minimum absolute atomic E-state index is 0.290. The maximum Gasteiger partial charge on any atom is 0.336 e. The molecule has 0 atom stereocenters. The van der Waals surface area contributed by atoms with E-state index in [9.17, 15) is 9.59 Å². The minimum Gasteiger partial charge on any atom is -0.478 e. The number of carbonyl (C=O) groups excluding carboxylic acids is 1. The molecule has 3 heteroatoms. The zero-order chi connectivity index (χ0) is 13.0. The highest BCUT2D eigenvalue weighted by Crippen LogP contribution is 2.23. The molecule has 0 saturated heterocycles. The highest BCUT2D eigenvalue weighted by molar-refractivity contribution is 6.05. The molecule has 0 aliphatic heterocycles. The molecule has 2 rings (SSSR count). The van der Waals surface area contributed by atoms with Crippen LogP contribution in [0, 0.1) is 0 Å². The van der Waals surface area contributed by atoms with Gasteiger partial charge in [-0.3, -0.25) is 0 Å². The van der Waals surface area contributed by atoms with Crippen molar-refractivity contribution in [2.24, 2.45) is 0 Å². The lowest BCUT2D eigenvalue weighted by Gasteiger charge is -2.05. The quantitative estimate of drug-likeness (QED) is 0.835. The third-order valence-corrected chi connectivity index (χ3v) is 2.72. The van der Waals surface area contributed by atoms with Gasteiger partial charge in [0.1, 0.15) is 6.29 Å². The molecule has 0 bridgehead atoms. The number of aldehydes is 1. The Morgan fingerprint density at radius 2 is 1.83 bits per heavy atom. The minimum atomic E-state index is -0.936. The van der Waals surface area contributed by atoms with Crippen LogP contribution in [-0.2, 0) is 4.79 Å². The van der Waals surface area contributed by atoms with Crippen LogP contribution in [0.15, 0.2) is 42.5 Å². The van der Waals surface area contributed by atoms with Crippen LogP contribution >= 0.6 is 0 Å². The third-order valence-electron chi connectivity index (χ3n) is 2.72. The predicted octanol–water partition coefficient (Wildman–Crippen LogP) is 3.14. The number of carbonyl (C=O) groups is 2. The van der Waals surface area contributed by atoms with E-state index in [2.05, 4.69) is 0 Å². The number of hydrogen-bond acceptors (Lipinski definition) is 2. The zero-order valence-corrected chi connectivity index (χ0v) is 9.67. The summed E-state index contributed by atoms with van der Waals surface area (Å²) in [6, 6.07) is 10.7. The lowest BCUT2D eigenvalue weighted by atomic mass is 10.00. The van der Waals surface area contributed by atoms with Gasteiger partial charge in [0, 0.05) is 6.42 Å². The number of carboxylic acid groups (broad SMARTS) is 1. The Hall–Kier alpha value is -2.42. The highest BCUT2D eigenvalue weighted by Gasteiger charge is 2.08. The highest BCUT2D eigenvalue weighted by atomic mass is 16.4. The molecule has 0 aromatic heterocycles. The van der Waals surface area contributed by atoms with Gasteiger partial charge in [0.25, 0.3) is 0 Å². The molecule has 0 fully saturated rings. The van der Waals surface area contributed by atoms with Crippen molar-refractivity contribution >= 4 is 29.1 Å². The molecule has 18 heavy (non-hydrogen) atoms. The molecule has 2 aromatic rings. The van der Waals surface area contributed by atoms with Gasteiger partial charge in [-0.25, -0.2) is 4.79 Å². The van der Waals surface area contributed by atoms with E-state index in [0.29, 0.717) is 11.8 Å². The molecule has 0 spiro atoms. The second-order valence-corrected chi connectivity index (χ2v) is 3.86. The summed E-state index contributed by atoms with van der Waals surface area (Å²) in [6.45, 7) is 0. The molecule has 0 aliphatic carbocycles. The van der Waals surface area contributed by atoms with Gasteiger partial charge in [0.15, 0.2) is 0 Å². The van der Waals surface area contributed by atoms with Crippen LogP contribution in [0.1, 0.15) is 22.3 Å². The number of allylic oxidation sites excluding steroid dienone is 1. The van der Waals surface area contributed by atoms with E-state index in [1.54, 1.807) is 24.3 Å². The molecule has 0 saturated carbocycles. The molecular formula is C15H12O3. The summed E-state index contributed by atoms with van der Waals surface area (Å²) < 4.78 is 0. The van der Waals surface area contributed by atoms with Crippen LogP contribution in [0.5, 0.6) is 0 Å². The lowest BCUT2D eigenvalue weighted by Crippen LogP contribution is -1.97. The second-order valence-electron chi connectivity index (χ2n) is 3.86. The molecule has 2 aromatic carbocycles. The van der Waals surface area contributed by atoms with Crippen LogP contribution in [0.4, 0.5) is 0 Å². The van der Waals surface area contributed by atoms with E-state index < -0.39 is 5.97 Å². The first-order chi connectivity index (χ1) is 8.74. The van der Waals surface area contributed by atoms with E-state index >= 15 is 0 Å². The van der Waals surface area contributed by atoms with Crippen molar-refractivity contribution in [1.29, 1.82) is 0 Å². The Kier molecular flexibility index (Phi) is 3.53. The standard InChI is InChI=1S/C15H12O3/c16-10-2-1-5-11-6-3-8-13-12(11)7-4-9-14(13)15(17)18/h1,3-10H,2H2,(H,17,18). The van der Waals surface area contributed by atoms with E-state index in [1.807, 2.05) is 24.3 Å². The number of benzene rings is 2. The van der Waals surface area contributed by atoms with E-state index in [4.69, 9.17) is 5.11 Å². The molecule has 3 nitrogen and oxygen atoms in total. The number of aromatic carboxylic acids is 1. The van der Waals surface area contributed by atoms with Crippen molar-refractivity contribution < 1.29 is 14.7 Å². The van der Waals surface area contributed by atoms with Crippen LogP contribution in [0.2, 0.25) is 0 Å². The first-order valence-electron chi connectivity index (χ1n) is 5.59. The predicted molar refractivity (Wildman–Crippen MR) is 70.6 cm³/mol. The number of carboxylic acids is 1. The number of hydrogen-bond donors (Lipinski definition) is 1. The van der Waals surface area contributed by atoms with E-state index in [1.165, 1.54) is 0 Å². The Bertz CT molecular complexity index is 627. The summed E-state index contributed by atoms with van der Waals surface area (Å²) in [6.07, 6.45) is 4.77. The second kappa shape index (κ2) is 5.27. The maximum atomic E-state index is 11.1. The zero-order valence-electron chi connectivity index (χ0n) is 9.67. The van der Waals surface area contributed by atoms with Crippen molar-refractivity contribution in [3.63, 3.8) is 0 Å². The fourth-order valence-corrected chi connectivity index (χ4v) is 1.92. The molecule has 0 heterocycles. The Labute approximate surface area is 104 Å².